The normalized spacial score (nSPS) is 11.1. The van der Waals surface area contributed by atoms with E-state index in [0.29, 0.717) is 18.1 Å². The zero-order valence-electron chi connectivity index (χ0n) is 11.4. The minimum Gasteiger partial charge on any atom is -0.396 e. The molecule has 0 saturated heterocycles. The first-order chi connectivity index (χ1) is 10.3. The van der Waals surface area contributed by atoms with Crippen molar-refractivity contribution in [3.05, 3.63) is 42.2 Å². The number of fused-ring (bicyclic) bond motifs is 1. The number of aliphatic hydroxyl groups is 1. The number of aliphatic hydroxyl groups excluding tert-OH is 1. The Morgan fingerprint density at radius 1 is 1.29 bits per heavy atom. The van der Waals surface area contributed by atoms with Crippen LogP contribution >= 0.6 is 11.8 Å². The van der Waals surface area contributed by atoms with E-state index in [9.17, 15) is 0 Å². The fourth-order valence-corrected chi connectivity index (χ4v) is 2.70. The van der Waals surface area contributed by atoms with Crippen LogP contribution < -0.4 is 10.3 Å². The minimum atomic E-state index is 0.111. The van der Waals surface area contributed by atoms with E-state index in [1.165, 1.54) is 17.3 Å². The third-order valence-corrected chi connectivity index (χ3v) is 3.91. The van der Waals surface area contributed by atoms with Gasteiger partial charge in [0.15, 0.2) is 5.52 Å². The summed E-state index contributed by atoms with van der Waals surface area (Å²) in [6.45, 7) is 0.791. The molecule has 0 radical (unpaired) electrons. The number of aromatic nitrogens is 4. The Labute approximate surface area is 126 Å². The Balaban J connectivity index is 1.98. The maximum atomic E-state index is 8.90. The SMILES string of the molecule is Nc1nc[n+](Cc2ccccc2)c2nc(SCCO)[nH]c12. The van der Waals surface area contributed by atoms with Crippen molar-refractivity contribution in [3.8, 4) is 0 Å². The van der Waals surface area contributed by atoms with Crippen LogP contribution in [0.2, 0.25) is 0 Å². The van der Waals surface area contributed by atoms with Gasteiger partial charge in [-0.25, -0.2) is 4.57 Å². The fraction of sp³-hybridized carbons (Fsp3) is 0.214. The van der Waals surface area contributed by atoms with Crippen molar-refractivity contribution in [2.45, 2.75) is 11.7 Å². The molecule has 0 bridgehead atoms. The zero-order chi connectivity index (χ0) is 14.7. The van der Waals surface area contributed by atoms with Crippen LogP contribution in [0.15, 0.2) is 41.8 Å². The first-order valence-corrected chi connectivity index (χ1v) is 7.57. The lowest BCUT2D eigenvalue weighted by Gasteiger charge is -2.01. The van der Waals surface area contributed by atoms with Crippen molar-refractivity contribution in [3.63, 3.8) is 0 Å². The van der Waals surface area contributed by atoms with Crippen LogP contribution in [-0.2, 0) is 6.54 Å². The van der Waals surface area contributed by atoms with Crippen LogP contribution in [0.25, 0.3) is 11.2 Å². The zero-order valence-corrected chi connectivity index (χ0v) is 12.2. The highest BCUT2D eigenvalue weighted by Crippen LogP contribution is 2.19. The summed E-state index contributed by atoms with van der Waals surface area (Å²) in [6, 6.07) is 10.1. The quantitative estimate of drug-likeness (QED) is 0.482. The molecule has 0 atom stereocenters. The summed E-state index contributed by atoms with van der Waals surface area (Å²) in [4.78, 5) is 11.9. The molecule has 7 heteroatoms. The van der Waals surface area contributed by atoms with Crippen LogP contribution in [0.5, 0.6) is 0 Å². The molecule has 0 unspecified atom stereocenters. The first kappa shape index (κ1) is 13.8. The van der Waals surface area contributed by atoms with Gasteiger partial charge in [0.1, 0.15) is 0 Å². The molecule has 0 aliphatic carbocycles. The molecular formula is C14H16N5OS+. The van der Waals surface area contributed by atoms with Crippen LogP contribution in [0.4, 0.5) is 5.82 Å². The molecule has 3 aromatic rings. The molecule has 0 fully saturated rings. The summed E-state index contributed by atoms with van der Waals surface area (Å²) in [5.74, 6) is 1.02. The van der Waals surface area contributed by atoms with Gasteiger partial charge in [0.25, 0.3) is 5.65 Å². The highest BCUT2D eigenvalue weighted by atomic mass is 32.2. The number of hydrogen-bond donors (Lipinski definition) is 3. The number of nitrogen functional groups attached to an aromatic ring is 1. The van der Waals surface area contributed by atoms with E-state index >= 15 is 0 Å². The average Bonchev–Trinajstić information content (AvgIpc) is 2.94. The van der Waals surface area contributed by atoms with Crippen LogP contribution in [0.3, 0.4) is 0 Å². The molecule has 6 nitrogen and oxygen atoms in total. The van der Waals surface area contributed by atoms with Crippen molar-refractivity contribution in [2.75, 3.05) is 18.1 Å². The summed E-state index contributed by atoms with van der Waals surface area (Å²) >= 11 is 1.46. The van der Waals surface area contributed by atoms with E-state index in [4.69, 9.17) is 10.8 Å². The summed E-state index contributed by atoms with van der Waals surface area (Å²) in [5, 5.41) is 9.64. The number of nitrogens with zero attached hydrogens (tertiary/aromatic N) is 3. The average molecular weight is 302 g/mol. The van der Waals surface area contributed by atoms with Gasteiger partial charge in [-0.1, -0.05) is 52.1 Å². The number of aromatic amines is 1. The van der Waals surface area contributed by atoms with Gasteiger partial charge in [0, 0.05) is 5.75 Å². The maximum Gasteiger partial charge on any atom is 0.295 e. The Hall–Kier alpha value is -2.12. The molecule has 4 N–H and O–H groups in total. The van der Waals surface area contributed by atoms with Crippen LogP contribution in [0.1, 0.15) is 5.56 Å². The first-order valence-electron chi connectivity index (χ1n) is 6.59. The van der Waals surface area contributed by atoms with Crippen molar-refractivity contribution >= 4 is 28.7 Å². The Morgan fingerprint density at radius 2 is 2.10 bits per heavy atom. The van der Waals surface area contributed by atoms with Crippen LogP contribution in [0, 0.1) is 0 Å². The van der Waals surface area contributed by atoms with Gasteiger partial charge in [-0.15, -0.1) is 0 Å². The Bertz CT molecular complexity index is 744. The second-order valence-electron chi connectivity index (χ2n) is 4.56. The predicted molar refractivity (Wildman–Crippen MR) is 81.8 cm³/mol. The molecule has 2 heterocycles. The van der Waals surface area contributed by atoms with Crippen molar-refractivity contribution in [1.82, 2.24) is 15.0 Å². The topological polar surface area (TPSA) is 91.7 Å². The van der Waals surface area contributed by atoms with Crippen LogP contribution in [-0.4, -0.2) is 32.4 Å². The van der Waals surface area contributed by atoms with Gasteiger partial charge in [-0.2, -0.15) is 0 Å². The van der Waals surface area contributed by atoms with E-state index < -0.39 is 0 Å². The monoisotopic (exact) mass is 302 g/mol. The predicted octanol–water partition coefficient (Wildman–Crippen LogP) is 0.960. The van der Waals surface area contributed by atoms with E-state index in [1.54, 1.807) is 6.33 Å². The molecule has 2 aromatic heterocycles. The van der Waals surface area contributed by atoms with Gasteiger partial charge < -0.3 is 15.8 Å². The van der Waals surface area contributed by atoms with Gasteiger partial charge in [0.05, 0.1) is 13.2 Å². The van der Waals surface area contributed by atoms with Gasteiger partial charge in [-0.3, -0.25) is 0 Å². The van der Waals surface area contributed by atoms with E-state index in [2.05, 4.69) is 27.1 Å². The van der Waals surface area contributed by atoms with Crippen molar-refractivity contribution in [1.29, 1.82) is 0 Å². The number of hydrogen-bond acceptors (Lipinski definition) is 5. The lowest BCUT2D eigenvalue weighted by molar-refractivity contribution is -0.667. The lowest BCUT2D eigenvalue weighted by Crippen LogP contribution is -2.36. The molecule has 0 saturated carbocycles. The minimum absolute atomic E-state index is 0.111. The number of anilines is 1. The number of rotatable bonds is 5. The smallest absolute Gasteiger partial charge is 0.295 e. The number of H-pyrrole nitrogens is 1. The summed E-state index contributed by atoms with van der Waals surface area (Å²) < 4.78 is 1.96. The number of nitrogens with two attached hydrogens (primary N) is 1. The molecule has 0 spiro atoms. The molecule has 0 aliphatic heterocycles. The fourth-order valence-electron chi connectivity index (χ4n) is 2.09. The lowest BCUT2D eigenvalue weighted by atomic mass is 10.2. The maximum absolute atomic E-state index is 8.90. The summed E-state index contributed by atoms with van der Waals surface area (Å²) in [7, 11) is 0. The van der Waals surface area contributed by atoms with E-state index in [0.717, 1.165) is 16.3 Å². The highest BCUT2D eigenvalue weighted by Gasteiger charge is 2.18. The van der Waals surface area contributed by atoms with Gasteiger partial charge in [0.2, 0.25) is 17.3 Å². The molecule has 21 heavy (non-hydrogen) atoms. The van der Waals surface area contributed by atoms with E-state index in [-0.39, 0.29) is 6.61 Å². The third kappa shape index (κ3) is 2.98. The van der Waals surface area contributed by atoms with Gasteiger partial charge >= 0.3 is 0 Å². The number of imidazole rings is 1. The number of thioether (sulfide) groups is 1. The molecule has 3 rings (SSSR count). The van der Waals surface area contributed by atoms with Crippen molar-refractivity contribution < 1.29 is 9.67 Å². The molecular weight excluding hydrogens is 286 g/mol. The molecule has 0 amide bonds. The number of benzene rings is 1. The largest absolute Gasteiger partial charge is 0.396 e. The summed E-state index contributed by atoms with van der Waals surface area (Å²) in [6.07, 6.45) is 1.70. The van der Waals surface area contributed by atoms with Crippen molar-refractivity contribution in [2.24, 2.45) is 0 Å². The Morgan fingerprint density at radius 3 is 2.86 bits per heavy atom. The number of nitrogens with one attached hydrogen (secondary N) is 1. The van der Waals surface area contributed by atoms with E-state index in [1.807, 2.05) is 22.8 Å². The molecule has 108 valence electrons. The highest BCUT2D eigenvalue weighted by molar-refractivity contribution is 7.99. The summed E-state index contributed by atoms with van der Waals surface area (Å²) in [5.41, 5.74) is 8.58. The molecule has 0 aliphatic rings. The third-order valence-electron chi connectivity index (χ3n) is 3.05. The van der Waals surface area contributed by atoms with Gasteiger partial charge in [-0.05, 0) is 5.56 Å². The Kier molecular flexibility index (Phi) is 4.03. The molecule has 1 aromatic carbocycles. The second kappa shape index (κ2) is 6.11. The standard InChI is InChI=1S/C14H15N5OS/c15-12-11-13(18-14(17-11)21-7-6-20)19(9-16-12)8-10-4-2-1-3-5-10/h1-5,9,20H,6-8H2,(H2,15,17,18)/p+1. The second-order valence-corrected chi connectivity index (χ2v) is 5.64.